The first-order chi connectivity index (χ1) is 17.0. The van der Waals surface area contributed by atoms with Crippen LogP contribution in [0, 0.1) is 6.92 Å². The van der Waals surface area contributed by atoms with Gasteiger partial charge >= 0.3 is 0 Å². The molecule has 4 rings (SSSR count). The van der Waals surface area contributed by atoms with Crippen molar-refractivity contribution < 1.29 is 19.5 Å². The van der Waals surface area contributed by atoms with Crippen molar-refractivity contribution in [3.8, 4) is 11.5 Å². The molecule has 2 heterocycles. The van der Waals surface area contributed by atoms with E-state index >= 15 is 0 Å². The summed E-state index contributed by atoms with van der Waals surface area (Å²) in [4.78, 5) is 16.3. The zero-order valence-corrected chi connectivity index (χ0v) is 19.9. The summed E-state index contributed by atoms with van der Waals surface area (Å²) in [5.41, 5.74) is 7.07. The van der Waals surface area contributed by atoms with E-state index in [9.17, 15) is 4.79 Å². The molecule has 0 aliphatic rings. The highest BCUT2D eigenvalue weighted by atomic mass is 16.5. The van der Waals surface area contributed by atoms with Gasteiger partial charge in [-0.25, -0.2) is 10.5 Å². The van der Waals surface area contributed by atoms with E-state index in [-0.39, 0.29) is 0 Å². The van der Waals surface area contributed by atoms with E-state index in [4.69, 9.17) is 19.7 Å². The molecule has 0 saturated heterocycles. The molecule has 0 spiro atoms. The molecule has 8 nitrogen and oxygen atoms in total. The second-order valence-electron chi connectivity index (χ2n) is 8.05. The Balaban J connectivity index is 1.75. The molecule has 0 unspecified atom stereocenters. The molecule has 2 aromatic heterocycles. The predicted molar refractivity (Wildman–Crippen MR) is 136 cm³/mol. The van der Waals surface area contributed by atoms with Gasteiger partial charge in [-0.2, -0.15) is 0 Å². The van der Waals surface area contributed by atoms with Gasteiger partial charge in [-0.1, -0.05) is 30.3 Å². The van der Waals surface area contributed by atoms with Crippen molar-refractivity contribution in [3.63, 3.8) is 0 Å². The zero-order chi connectivity index (χ0) is 24.8. The van der Waals surface area contributed by atoms with E-state index in [1.165, 1.54) is 11.6 Å². The average Bonchev–Trinajstić information content (AvgIpc) is 3.22. The Morgan fingerprint density at radius 1 is 1.09 bits per heavy atom. The smallest absolute Gasteiger partial charge is 0.267 e. The average molecular weight is 473 g/mol. The van der Waals surface area contributed by atoms with E-state index in [0.29, 0.717) is 11.5 Å². The fourth-order valence-electron chi connectivity index (χ4n) is 4.00. The van der Waals surface area contributed by atoms with Gasteiger partial charge in [-0.3, -0.25) is 14.4 Å². The number of nitrogens with zero attached hydrogens (tertiary/aromatic N) is 2. The second-order valence-corrected chi connectivity index (χ2v) is 8.05. The third kappa shape index (κ3) is 5.44. The Labute approximate surface area is 203 Å². The molecule has 0 fully saturated rings. The van der Waals surface area contributed by atoms with Gasteiger partial charge in [0.05, 0.1) is 19.9 Å². The van der Waals surface area contributed by atoms with Crippen LogP contribution in [0.5, 0.6) is 11.5 Å². The van der Waals surface area contributed by atoms with Gasteiger partial charge in [-0.05, 0) is 60.7 Å². The van der Waals surface area contributed by atoms with Crippen LogP contribution in [-0.2, 0) is 17.6 Å². The fraction of sp³-hybridized carbons (Fsp3) is 0.185. The fourth-order valence-corrected chi connectivity index (χ4v) is 4.00. The highest BCUT2D eigenvalue weighted by Crippen LogP contribution is 2.36. The normalized spacial score (nSPS) is 11.1. The molecule has 2 aromatic carbocycles. The Hall–Kier alpha value is -4.30. The molecule has 1 amide bonds. The van der Waals surface area contributed by atoms with E-state index in [1.807, 2.05) is 60.0 Å². The number of carbonyl (C=O) groups excluding carboxylic acids is 1. The Kier molecular flexibility index (Phi) is 7.32. The number of fused-ring (bicyclic) bond motifs is 1. The van der Waals surface area contributed by atoms with Gasteiger partial charge in [-0.15, -0.1) is 0 Å². The summed E-state index contributed by atoms with van der Waals surface area (Å²) >= 11 is 0. The van der Waals surface area contributed by atoms with Crippen LogP contribution in [-0.4, -0.2) is 34.7 Å². The van der Waals surface area contributed by atoms with Crippen molar-refractivity contribution in [2.24, 2.45) is 0 Å². The summed E-state index contributed by atoms with van der Waals surface area (Å²) < 4.78 is 13.0. The molecule has 3 N–H and O–H groups in total. The number of hydroxylamine groups is 1. The molecule has 0 aliphatic heterocycles. The molecular weight excluding hydrogens is 444 g/mol. The number of methoxy groups -OCH3 is 2. The number of nitrogens with one attached hydrogen (secondary N) is 2. The first kappa shape index (κ1) is 23.8. The number of amides is 1. The third-order valence-corrected chi connectivity index (χ3v) is 5.67. The van der Waals surface area contributed by atoms with Crippen molar-refractivity contribution in [1.29, 1.82) is 0 Å². The lowest BCUT2D eigenvalue weighted by atomic mass is 10.1. The van der Waals surface area contributed by atoms with Crippen LogP contribution < -0.4 is 20.3 Å². The van der Waals surface area contributed by atoms with Gasteiger partial charge in [0, 0.05) is 24.0 Å². The number of rotatable bonds is 9. The van der Waals surface area contributed by atoms with Crippen LogP contribution in [0.4, 0.5) is 11.5 Å². The van der Waals surface area contributed by atoms with Crippen molar-refractivity contribution in [3.05, 3.63) is 89.3 Å². The van der Waals surface area contributed by atoms with E-state index in [2.05, 4.69) is 17.4 Å². The number of benzene rings is 2. The number of imidazole rings is 1. The molecule has 8 heteroatoms. The van der Waals surface area contributed by atoms with Crippen LogP contribution in [0.2, 0.25) is 0 Å². The number of aryl methyl sites for hydroxylation is 3. The maximum absolute atomic E-state index is 11.4. The van der Waals surface area contributed by atoms with Gasteiger partial charge in [0.1, 0.15) is 11.5 Å². The Morgan fingerprint density at radius 2 is 1.89 bits per heavy atom. The minimum Gasteiger partial charge on any atom is -0.493 e. The van der Waals surface area contributed by atoms with Crippen LogP contribution in [0.1, 0.15) is 22.4 Å². The van der Waals surface area contributed by atoms with Crippen LogP contribution in [0.15, 0.2) is 66.9 Å². The van der Waals surface area contributed by atoms with Crippen molar-refractivity contribution in [1.82, 2.24) is 14.9 Å². The maximum atomic E-state index is 11.4. The number of pyridine rings is 1. The van der Waals surface area contributed by atoms with Crippen molar-refractivity contribution >= 4 is 29.1 Å². The third-order valence-electron chi connectivity index (χ3n) is 5.67. The lowest BCUT2D eigenvalue weighted by Gasteiger charge is -2.15. The Bertz CT molecular complexity index is 1360. The molecular formula is C27H28N4O4. The SMILES string of the molecule is COc1cc(Nc2c(CCc3ccccc3)nc3ccc(/C=C/C(=O)NO)cn23)cc(C)c1OC. The first-order valence-electron chi connectivity index (χ1n) is 11.2. The number of hydrogen-bond acceptors (Lipinski definition) is 6. The molecule has 0 atom stereocenters. The van der Waals surface area contributed by atoms with Gasteiger partial charge in [0.15, 0.2) is 11.5 Å². The number of carbonyl (C=O) groups is 1. The first-order valence-corrected chi connectivity index (χ1v) is 11.2. The Morgan fingerprint density at radius 3 is 2.60 bits per heavy atom. The summed E-state index contributed by atoms with van der Waals surface area (Å²) in [6.45, 7) is 1.96. The van der Waals surface area contributed by atoms with Gasteiger partial charge in [0.25, 0.3) is 5.91 Å². The summed E-state index contributed by atoms with van der Waals surface area (Å²) in [6, 6.07) is 17.9. The van der Waals surface area contributed by atoms with Crippen LogP contribution in [0.25, 0.3) is 11.7 Å². The highest BCUT2D eigenvalue weighted by Gasteiger charge is 2.16. The van der Waals surface area contributed by atoms with Gasteiger partial charge in [0.2, 0.25) is 0 Å². The minimum absolute atomic E-state index is 0.599. The predicted octanol–water partition coefficient (Wildman–Crippen LogP) is 4.71. The topological polar surface area (TPSA) is 97.1 Å². The molecule has 0 saturated carbocycles. The van der Waals surface area contributed by atoms with E-state index in [1.54, 1.807) is 25.8 Å². The van der Waals surface area contributed by atoms with Crippen molar-refractivity contribution in [2.45, 2.75) is 19.8 Å². The summed E-state index contributed by atoms with van der Waals surface area (Å²) in [5, 5.41) is 12.3. The molecule has 35 heavy (non-hydrogen) atoms. The number of ether oxygens (including phenoxy) is 2. The number of anilines is 2. The quantitative estimate of drug-likeness (QED) is 0.186. The van der Waals surface area contributed by atoms with Crippen LogP contribution >= 0.6 is 0 Å². The molecule has 0 radical (unpaired) electrons. The standard InChI is InChI=1S/C27H28N4O4/c1-18-15-21(16-23(34-2)26(18)35-3)28-27-22(12-9-19-7-5-4-6-8-19)29-24-13-10-20(17-31(24)27)11-14-25(32)30-33/h4-8,10-11,13-17,28,33H,9,12H2,1-3H3,(H,30,32)/b14-11+. The largest absolute Gasteiger partial charge is 0.493 e. The number of hydrogen-bond donors (Lipinski definition) is 3. The minimum atomic E-state index is -0.599. The van der Waals surface area contributed by atoms with Gasteiger partial charge < -0.3 is 14.8 Å². The van der Waals surface area contributed by atoms with Crippen LogP contribution in [0.3, 0.4) is 0 Å². The highest BCUT2D eigenvalue weighted by molar-refractivity contribution is 5.90. The van der Waals surface area contributed by atoms with E-state index in [0.717, 1.165) is 46.8 Å². The van der Waals surface area contributed by atoms with Crippen molar-refractivity contribution in [2.75, 3.05) is 19.5 Å². The second kappa shape index (κ2) is 10.8. The summed E-state index contributed by atoms with van der Waals surface area (Å²) in [7, 11) is 3.23. The zero-order valence-electron chi connectivity index (χ0n) is 19.9. The molecule has 180 valence electrons. The van der Waals surface area contributed by atoms with E-state index < -0.39 is 5.91 Å². The monoisotopic (exact) mass is 472 g/mol. The lowest BCUT2D eigenvalue weighted by Crippen LogP contribution is -2.14. The molecule has 0 bridgehead atoms. The molecule has 0 aliphatic carbocycles. The summed E-state index contributed by atoms with van der Waals surface area (Å²) in [5.74, 6) is 1.55. The summed E-state index contributed by atoms with van der Waals surface area (Å²) in [6.07, 6.45) is 6.36. The lowest BCUT2D eigenvalue weighted by molar-refractivity contribution is -0.124. The molecule has 4 aromatic rings. The maximum Gasteiger partial charge on any atom is 0.267 e. The number of aromatic nitrogens is 2.